The summed E-state index contributed by atoms with van der Waals surface area (Å²) in [6.07, 6.45) is 8.02. The number of carbonyl (C=O) groups is 1. The van der Waals surface area contributed by atoms with Crippen LogP contribution in [0.1, 0.15) is 89.0 Å². The van der Waals surface area contributed by atoms with Gasteiger partial charge in [-0.15, -0.1) is 6.42 Å². The molecule has 0 radical (unpaired) electrons. The predicted octanol–water partition coefficient (Wildman–Crippen LogP) is 8.28. The topological polar surface area (TPSA) is 136 Å². The van der Waals surface area contributed by atoms with E-state index < -0.39 is 41.4 Å². The maximum Gasteiger partial charge on any atom is 0.519 e. The van der Waals surface area contributed by atoms with E-state index in [0.717, 1.165) is 25.8 Å². The molecule has 0 bridgehead atoms. The van der Waals surface area contributed by atoms with Crippen LogP contribution in [0.2, 0.25) is 0 Å². The van der Waals surface area contributed by atoms with E-state index in [2.05, 4.69) is 27.5 Å². The van der Waals surface area contributed by atoms with Crippen molar-refractivity contribution in [1.29, 1.82) is 0 Å². The molecule has 2 aromatic carbocycles. The van der Waals surface area contributed by atoms with Crippen LogP contribution in [0.5, 0.6) is 11.8 Å². The lowest BCUT2D eigenvalue weighted by Crippen LogP contribution is -2.58. The minimum atomic E-state index is -0.983. The summed E-state index contributed by atoms with van der Waals surface area (Å²) >= 11 is 0. The summed E-state index contributed by atoms with van der Waals surface area (Å²) in [5, 5.41) is 1.01. The average molecular weight is 869 g/mol. The Balaban J connectivity index is 1.20. The smallest absolute Gasteiger partial charge is 0.461 e. The molecule has 9 rings (SSSR count). The molecule has 16 heteroatoms. The van der Waals surface area contributed by atoms with Crippen molar-refractivity contribution in [2.75, 3.05) is 37.7 Å². The number of halogens is 3. The van der Waals surface area contributed by atoms with Gasteiger partial charge in [-0.25, -0.2) is 27.7 Å². The molecule has 7 heterocycles. The molecule has 4 aliphatic heterocycles. The van der Waals surface area contributed by atoms with Gasteiger partial charge in [0.25, 0.3) is 0 Å². The Bertz CT molecular complexity index is 2700. The van der Waals surface area contributed by atoms with E-state index in [4.69, 9.17) is 44.4 Å². The second-order valence-corrected chi connectivity index (χ2v) is 17.8. The highest BCUT2D eigenvalue weighted by molar-refractivity contribution is 6.04. The van der Waals surface area contributed by atoms with Crippen molar-refractivity contribution in [3.63, 3.8) is 0 Å². The zero-order valence-corrected chi connectivity index (χ0v) is 36.1. The van der Waals surface area contributed by atoms with Gasteiger partial charge >= 0.3 is 18.0 Å². The maximum atomic E-state index is 17.9. The van der Waals surface area contributed by atoms with Gasteiger partial charge in [-0.3, -0.25) is 9.80 Å². The van der Waals surface area contributed by atoms with Crippen molar-refractivity contribution in [1.82, 2.24) is 24.8 Å². The first-order valence-electron chi connectivity index (χ1n) is 21.9. The lowest BCUT2D eigenvalue weighted by Gasteiger charge is -2.47. The Kier molecular flexibility index (Phi) is 11.4. The Hall–Kier alpha value is -5.66. The third kappa shape index (κ3) is 7.88. The van der Waals surface area contributed by atoms with Gasteiger partial charge in [0.15, 0.2) is 11.6 Å². The van der Waals surface area contributed by atoms with Crippen molar-refractivity contribution >= 4 is 33.6 Å². The normalized spacial score (nSPS) is 23.0. The lowest BCUT2D eigenvalue weighted by molar-refractivity contribution is 0.0466. The number of hydrogen-bond acceptors (Lipinski definition) is 13. The van der Waals surface area contributed by atoms with Crippen molar-refractivity contribution in [2.24, 2.45) is 5.92 Å². The molecule has 0 N–H and O–H groups in total. The van der Waals surface area contributed by atoms with Crippen LogP contribution in [0, 0.1) is 36.8 Å². The van der Waals surface area contributed by atoms with Crippen LogP contribution >= 0.6 is 0 Å². The number of alkyl halides is 1. The summed E-state index contributed by atoms with van der Waals surface area (Å²) < 4.78 is 76.5. The molecular formula is C47H51F3N6O7. The first kappa shape index (κ1) is 42.6. The second kappa shape index (κ2) is 16.8. The predicted molar refractivity (Wildman–Crippen MR) is 229 cm³/mol. The Morgan fingerprint density at radius 3 is 2.65 bits per heavy atom. The number of benzene rings is 2. The molecule has 0 unspecified atom stereocenters. The number of pyridine rings is 1. The molecule has 13 nitrogen and oxygen atoms in total. The van der Waals surface area contributed by atoms with Crippen molar-refractivity contribution in [2.45, 2.75) is 116 Å². The number of ether oxygens (including phenoxy) is 3. The van der Waals surface area contributed by atoms with Crippen LogP contribution in [0.15, 0.2) is 37.9 Å². The van der Waals surface area contributed by atoms with Gasteiger partial charge in [0.05, 0.1) is 28.7 Å². The number of hydrogen-bond donors (Lipinski definition) is 0. The third-order valence-corrected chi connectivity index (χ3v) is 13.6. The summed E-state index contributed by atoms with van der Waals surface area (Å²) in [5.41, 5.74) is -0.244. The van der Waals surface area contributed by atoms with E-state index in [9.17, 15) is 14.0 Å². The zero-order valence-electron chi connectivity index (χ0n) is 36.1. The fourth-order valence-corrected chi connectivity index (χ4v) is 10.00. The van der Waals surface area contributed by atoms with Crippen molar-refractivity contribution < 1.29 is 41.0 Å². The molecule has 5 aromatic rings. The first-order chi connectivity index (χ1) is 30.2. The molecule has 5 atom stereocenters. The molecule has 332 valence electrons. The largest absolute Gasteiger partial charge is 0.519 e. The van der Waals surface area contributed by atoms with Crippen LogP contribution < -0.4 is 20.2 Å². The minimum absolute atomic E-state index is 0.0173. The van der Waals surface area contributed by atoms with Gasteiger partial charge in [0.2, 0.25) is 0 Å². The van der Waals surface area contributed by atoms with E-state index >= 15 is 8.78 Å². The number of fused-ring (bicyclic) bond motifs is 4. The molecule has 63 heavy (non-hydrogen) atoms. The monoisotopic (exact) mass is 868 g/mol. The van der Waals surface area contributed by atoms with Gasteiger partial charge < -0.3 is 27.9 Å². The minimum Gasteiger partial charge on any atom is -0.461 e. The van der Waals surface area contributed by atoms with E-state index in [1.165, 1.54) is 24.3 Å². The highest BCUT2D eigenvalue weighted by atomic mass is 19.1. The third-order valence-electron chi connectivity index (χ3n) is 13.6. The summed E-state index contributed by atoms with van der Waals surface area (Å²) in [5.74, 6) is 1.58. The number of rotatable bonds is 10. The molecule has 0 saturated carbocycles. The number of nitrogens with zero attached hydrogens (tertiary/aromatic N) is 6. The number of piperazine rings is 1. The van der Waals surface area contributed by atoms with Crippen LogP contribution in [0.3, 0.4) is 0 Å². The molecule has 0 amide bonds. The zero-order chi connectivity index (χ0) is 44.3. The molecular weight excluding hydrogens is 818 g/mol. The Labute approximate surface area is 362 Å². The van der Waals surface area contributed by atoms with Crippen LogP contribution in [0.4, 0.5) is 23.8 Å². The van der Waals surface area contributed by atoms with Crippen molar-refractivity contribution in [3.05, 3.63) is 69.3 Å². The molecule has 4 aliphatic rings. The van der Waals surface area contributed by atoms with Gasteiger partial charge in [-0.2, -0.15) is 9.97 Å². The number of carbonyl (C=O) groups excluding carboxylic acids is 1. The van der Waals surface area contributed by atoms with Gasteiger partial charge in [0.1, 0.15) is 53.2 Å². The number of aromatic nitrogens is 3. The standard InChI is InChI=1S/C47H51F3N6O7/c1-7-30-22-56-31(21-54(30)23-37-27(6)61-46(58)63-37)11-9-12-36-39-42(52-44(53-43(39)56)59-24-47-15-10-16-55(47)20-29(48)19-47)40(50)41(51-36)34-18-32(62-45(57)60-26(5)25(3)4)17-28-13-14-35(49)33(8-2)38(28)34/h2,13-14,17-18,25-26,29-31H,7,9-12,15-16,19-24H2,1,3-6H3/t26-,29+,30+,31+,47-/m0/s1. The van der Waals surface area contributed by atoms with E-state index in [1.54, 1.807) is 13.8 Å². The van der Waals surface area contributed by atoms with Gasteiger partial charge in [-0.1, -0.05) is 32.8 Å². The number of anilines is 1. The van der Waals surface area contributed by atoms with Gasteiger partial charge in [0, 0.05) is 49.1 Å². The van der Waals surface area contributed by atoms with E-state index in [0.29, 0.717) is 85.7 Å². The molecule has 3 fully saturated rings. The first-order valence-corrected chi connectivity index (χ1v) is 21.9. The highest BCUT2D eigenvalue weighted by Gasteiger charge is 2.49. The highest BCUT2D eigenvalue weighted by Crippen LogP contribution is 2.44. The second-order valence-electron chi connectivity index (χ2n) is 17.8. The summed E-state index contributed by atoms with van der Waals surface area (Å²) in [7, 11) is 0. The fraction of sp³-hybridized carbons (Fsp3) is 0.511. The number of aryl methyl sites for hydroxylation is 2. The summed E-state index contributed by atoms with van der Waals surface area (Å²) in [4.78, 5) is 46.4. The molecule has 0 spiro atoms. The average Bonchev–Trinajstić information content (AvgIpc) is 3.89. The van der Waals surface area contributed by atoms with Crippen molar-refractivity contribution in [3.8, 4) is 35.4 Å². The summed E-state index contributed by atoms with van der Waals surface area (Å²) in [6, 6.07) is 5.46. The fourth-order valence-electron chi connectivity index (χ4n) is 10.00. The van der Waals surface area contributed by atoms with E-state index in [1.807, 2.05) is 13.8 Å². The maximum absolute atomic E-state index is 17.9. The summed E-state index contributed by atoms with van der Waals surface area (Å²) in [6.45, 7) is 12.0. The van der Waals surface area contributed by atoms with Gasteiger partial charge in [-0.05, 0) is 88.4 Å². The quantitative estimate of drug-likeness (QED) is 0.0758. The Morgan fingerprint density at radius 1 is 1.08 bits per heavy atom. The lowest BCUT2D eigenvalue weighted by atomic mass is 9.93. The SMILES string of the molecule is C#Cc1c(F)ccc2cc(OC(=O)O[C@@H](C)C(C)C)cc(-c3nc4c5c(nc(OC[C@@]67CCCN6C[C@H](F)C7)nc5c3F)N3C[C@@H](CC)N(Cc5oc(=O)oc5C)C[C@H]3CCC4)c12. The molecule has 3 saturated heterocycles. The van der Waals surface area contributed by atoms with Crippen LogP contribution in [0.25, 0.3) is 32.9 Å². The molecule has 3 aromatic heterocycles. The van der Waals surface area contributed by atoms with Crippen LogP contribution in [-0.2, 0) is 17.7 Å². The Morgan fingerprint density at radius 2 is 1.90 bits per heavy atom. The van der Waals surface area contributed by atoms with Crippen LogP contribution in [-0.4, -0.2) is 93.6 Å². The van der Waals surface area contributed by atoms with E-state index in [-0.39, 0.29) is 64.1 Å². The number of terminal acetylenes is 1. The molecule has 0 aliphatic carbocycles.